The van der Waals surface area contributed by atoms with Crippen LogP contribution >= 0.6 is 0 Å². The van der Waals surface area contributed by atoms with Crippen LogP contribution in [0, 0.1) is 0 Å². The third-order valence-electron chi connectivity index (χ3n) is 1.76. The predicted octanol–water partition coefficient (Wildman–Crippen LogP) is 2.10. The molecule has 0 aromatic heterocycles. The molecule has 0 aromatic carbocycles. The lowest BCUT2D eigenvalue weighted by molar-refractivity contribution is -0.138. The van der Waals surface area contributed by atoms with Crippen molar-refractivity contribution < 1.29 is 9.47 Å². The van der Waals surface area contributed by atoms with Gasteiger partial charge < -0.3 is 9.47 Å². The van der Waals surface area contributed by atoms with Crippen molar-refractivity contribution in [3.8, 4) is 0 Å². The fourth-order valence-electron chi connectivity index (χ4n) is 1.21. The average Bonchev–Trinajstić information content (AvgIpc) is 2.26. The van der Waals surface area contributed by atoms with E-state index in [0.717, 1.165) is 19.4 Å². The number of hydrogen-bond donors (Lipinski definition) is 0. The molecule has 2 nitrogen and oxygen atoms in total. The molecule has 11 heavy (non-hydrogen) atoms. The van der Waals surface area contributed by atoms with Crippen LogP contribution in [0.15, 0.2) is 12.7 Å². The fraction of sp³-hybridized carbons (Fsp3) is 0.778. The van der Waals surface area contributed by atoms with E-state index in [1.807, 2.05) is 19.9 Å². The average molecular weight is 156 g/mol. The van der Waals surface area contributed by atoms with Gasteiger partial charge in [-0.25, -0.2) is 0 Å². The summed E-state index contributed by atoms with van der Waals surface area (Å²) in [5, 5.41) is 0. The van der Waals surface area contributed by atoms with Gasteiger partial charge in [0.2, 0.25) is 0 Å². The highest BCUT2D eigenvalue weighted by Gasteiger charge is 2.31. The molecule has 1 saturated heterocycles. The van der Waals surface area contributed by atoms with Crippen LogP contribution in [0.1, 0.15) is 26.7 Å². The molecular weight excluding hydrogens is 140 g/mol. The molecule has 1 heterocycles. The Labute approximate surface area is 68.2 Å². The molecule has 1 aliphatic rings. The first-order chi connectivity index (χ1) is 5.14. The predicted molar refractivity (Wildman–Crippen MR) is 44.3 cm³/mol. The second kappa shape index (κ2) is 3.37. The smallest absolute Gasteiger partial charge is 0.163 e. The molecule has 1 rings (SSSR count). The zero-order chi connectivity index (χ0) is 8.32. The van der Waals surface area contributed by atoms with Gasteiger partial charge in [-0.2, -0.15) is 0 Å². The minimum absolute atomic E-state index is 0.267. The van der Waals surface area contributed by atoms with Crippen LogP contribution in [0.5, 0.6) is 0 Å². The number of ether oxygens (including phenoxy) is 2. The van der Waals surface area contributed by atoms with E-state index in [1.165, 1.54) is 0 Å². The second-order valence-electron chi connectivity index (χ2n) is 3.32. The van der Waals surface area contributed by atoms with Crippen LogP contribution in [0.3, 0.4) is 0 Å². The van der Waals surface area contributed by atoms with Crippen LogP contribution in [-0.2, 0) is 9.47 Å². The fourth-order valence-corrected chi connectivity index (χ4v) is 1.21. The minimum Gasteiger partial charge on any atom is -0.348 e. The van der Waals surface area contributed by atoms with Gasteiger partial charge in [0, 0.05) is 0 Å². The minimum atomic E-state index is -0.369. The van der Waals surface area contributed by atoms with Gasteiger partial charge in [-0.15, -0.1) is 6.58 Å². The largest absolute Gasteiger partial charge is 0.348 e. The summed E-state index contributed by atoms with van der Waals surface area (Å²) in [6.45, 7) is 8.28. The molecule has 0 saturated carbocycles. The first kappa shape index (κ1) is 8.75. The molecule has 64 valence electrons. The Hall–Kier alpha value is -0.340. The molecule has 1 atom stereocenters. The van der Waals surface area contributed by atoms with E-state index in [4.69, 9.17) is 9.47 Å². The Morgan fingerprint density at radius 3 is 2.82 bits per heavy atom. The van der Waals surface area contributed by atoms with Crippen molar-refractivity contribution in [2.24, 2.45) is 0 Å². The zero-order valence-electron chi connectivity index (χ0n) is 7.30. The molecule has 0 amide bonds. The topological polar surface area (TPSA) is 18.5 Å². The van der Waals surface area contributed by atoms with Crippen LogP contribution < -0.4 is 0 Å². The Balaban J connectivity index is 2.24. The number of rotatable bonds is 3. The summed E-state index contributed by atoms with van der Waals surface area (Å²) in [5.41, 5.74) is 0. The Morgan fingerprint density at radius 1 is 1.64 bits per heavy atom. The molecular formula is C9H16O2. The lowest BCUT2D eigenvalue weighted by Gasteiger charge is -2.16. The summed E-state index contributed by atoms with van der Waals surface area (Å²) >= 11 is 0. The highest BCUT2D eigenvalue weighted by molar-refractivity contribution is 4.75. The van der Waals surface area contributed by atoms with Crippen LogP contribution in [0.2, 0.25) is 0 Å². The van der Waals surface area contributed by atoms with Gasteiger partial charge in [-0.05, 0) is 26.7 Å². The standard InChI is InChI=1S/C9H16O2/c1-4-5-6-8-7-10-9(2,3)11-8/h4,8H,1,5-7H2,2-3H3/t8-/m1/s1. The zero-order valence-corrected chi connectivity index (χ0v) is 7.30. The van der Waals surface area contributed by atoms with E-state index in [2.05, 4.69) is 6.58 Å². The third-order valence-corrected chi connectivity index (χ3v) is 1.76. The maximum atomic E-state index is 5.58. The summed E-state index contributed by atoms with van der Waals surface area (Å²) in [4.78, 5) is 0. The highest BCUT2D eigenvalue weighted by atomic mass is 16.7. The molecule has 0 unspecified atom stereocenters. The summed E-state index contributed by atoms with van der Waals surface area (Å²) < 4.78 is 11.0. The number of hydrogen-bond acceptors (Lipinski definition) is 2. The molecule has 2 heteroatoms. The van der Waals surface area contributed by atoms with E-state index >= 15 is 0 Å². The normalized spacial score (nSPS) is 28.7. The Morgan fingerprint density at radius 2 is 2.36 bits per heavy atom. The van der Waals surface area contributed by atoms with Crippen molar-refractivity contribution in [1.82, 2.24) is 0 Å². The number of allylic oxidation sites excluding steroid dienone is 1. The van der Waals surface area contributed by atoms with Crippen LogP contribution in [-0.4, -0.2) is 18.5 Å². The molecule has 0 spiro atoms. The van der Waals surface area contributed by atoms with Crippen LogP contribution in [0.4, 0.5) is 0 Å². The van der Waals surface area contributed by atoms with Crippen molar-refractivity contribution in [1.29, 1.82) is 0 Å². The lowest BCUT2D eigenvalue weighted by atomic mass is 10.2. The summed E-state index contributed by atoms with van der Waals surface area (Å²) in [6, 6.07) is 0. The quantitative estimate of drug-likeness (QED) is 0.582. The summed E-state index contributed by atoms with van der Waals surface area (Å²) in [5.74, 6) is -0.369. The maximum absolute atomic E-state index is 5.58. The molecule has 0 aliphatic carbocycles. The van der Waals surface area contributed by atoms with Crippen molar-refractivity contribution in [3.63, 3.8) is 0 Å². The molecule has 1 fully saturated rings. The van der Waals surface area contributed by atoms with Crippen molar-refractivity contribution in [3.05, 3.63) is 12.7 Å². The van der Waals surface area contributed by atoms with Gasteiger partial charge in [0.15, 0.2) is 5.79 Å². The van der Waals surface area contributed by atoms with E-state index in [9.17, 15) is 0 Å². The van der Waals surface area contributed by atoms with E-state index in [1.54, 1.807) is 0 Å². The first-order valence-corrected chi connectivity index (χ1v) is 4.07. The molecule has 1 aliphatic heterocycles. The van der Waals surface area contributed by atoms with Gasteiger partial charge in [-0.3, -0.25) is 0 Å². The van der Waals surface area contributed by atoms with Gasteiger partial charge in [-0.1, -0.05) is 6.08 Å². The van der Waals surface area contributed by atoms with E-state index in [0.29, 0.717) is 0 Å². The van der Waals surface area contributed by atoms with Crippen molar-refractivity contribution in [2.45, 2.75) is 38.6 Å². The maximum Gasteiger partial charge on any atom is 0.163 e. The monoisotopic (exact) mass is 156 g/mol. The Bertz CT molecular complexity index is 140. The first-order valence-electron chi connectivity index (χ1n) is 4.07. The summed E-state index contributed by atoms with van der Waals surface area (Å²) in [7, 11) is 0. The molecule has 0 radical (unpaired) electrons. The molecule has 0 bridgehead atoms. The van der Waals surface area contributed by atoms with E-state index < -0.39 is 0 Å². The van der Waals surface area contributed by atoms with Gasteiger partial charge in [0.25, 0.3) is 0 Å². The van der Waals surface area contributed by atoms with E-state index in [-0.39, 0.29) is 11.9 Å². The second-order valence-corrected chi connectivity index (χ2v) is 3.32. The van der Waals surface area contributed by atoms with Gasteiger partial charge in [0.05, 0.1) is 12.7 Å². The third kappa shape index (κ3) is 2.64. The molecule has 0 aromatic rings. The van der Waals surface area contributed by atoms with Crippen molar-refractivity contribution >= 4 is 0 Å². The van der Waals surface area contributed by atoms with Gasteiger partial charge >= 0.3 is 0 Å². The Kier molecular flexibility index (Phi) is 2.68. The SMILES string of the molecule is C=CCC[C@@H]1COC(C)(C)O1. The lowest BCUT2D eigenvalue weighted by Crippen LogP contribution is -2.21. The summed E-state index contributed by atoms with van der Waals surface area (Å²) in [6.07, 6.45) is 4.20. The van der Waals surface area contributed by atoms with Crippen LogP contribution in [0.25, 0.3) is 0 Å². The van der Waals surface area contributed by atoms with Gasteiger partial charge in [0.1, 0.15) is 0 Å². The van der Waals surface area contributed by atoms with Crippen molar-refractivity contribution in [2.75, 3.05) is 6.61 Å². The molecule has 0 N–H and O–H groups in total. The highest BCUT2D eigenvalue weighted by Crippen LogP contribution is 2.24.